The Hall–Kier alpha value is -3.73. The smallest absolute Gasteiger partial charge is 0.139 e. The minimum Gasteiger partial charge on any atom is -0.354 e. The SMILES string of the molecule is C=O.C=O.CC.Cc1ccc(Nc2nccc3[nH]c(-c4ccccc4)cc23)cc1. The van der Waals surface area contributed by atoms with E-state index in [1.807, 2.05) is 57.9 Å². The lowest BCUT2D eigenvalue weighted by Crippen LogP contribution is -1.93. The molecule has 4 aromatic rings. The molecular weight excluding hydrogens is 362 g/mol. The minimum absolute atomic E-state index is 0.866. The Labute approximate surface area is 171 Å². The number of anilines is 2. The number of nitrogens with one attached hydrogen (secondary N) is 2. The van der Waals surface area contributed by atoms with Crippen LogP contribution in [0.5, 0.6) is 0 Å². The summed E-state index contributed by atoms with van der Waals surface area (Å²) in [4.78, 5) is 24.0. The summed E-state index contributed by atoms with van der Waals surface area (Å²) in [5, 5.41) is 4.50. The molecule has 150 valence electrons. The zero-order chi connectivity index (χ0) is 21.6. The predicted octanol–water partition coefficient (Wildman–Crippen LogP) is 5.94. The highest BCUT2D eigenvalue weighted by Gasteiger charge is 2.08. The van der Waals surface area contributed by atoms with Crippen molar-refractivity contribution in [1.29, 1.82) is 0 Å². The molecule has 0 unspecified atom stereocenters. The molecule has 0 bridgehead atoms. The van der Waals surface area contributed by atoms with Gasteiger partial charge in [-0.05, 0) is 36.8 Å². The van der Waals surface area contributed by atoms with Gasteiger partial charge in [0.15, 0.2) is 0 Å². The van der Waals surface area contributed by atoms with Gasteiger partial charge in [0.25, 0.3) is 0 Å². The summed E-state index contributed by atoms with van der Waals surface area (Å²) >= 11 is 0. The Bertz CT molecular complexity index is 978. The van der Waals surface area contributed by atoms with Crippen LogP contribution < -0.4 is 5.32 Å². The monoisotopic (exact) mass is 389 g/mol. The van der Waals surface area contributed by atoms with Crippen LogP contribution >= 0.6 is 0 Å². The van der Waals surface area contributed by atoms with Crippen molar-refractivity contribution >= 4 is 36.0 Å². The summed E-state index contributed by atoms with van der Waals surface area (Å²) in [6.45, 7) is 10.1. The van der Waals surface area contributed by atoms with Gasteiger partial charge < -0.3 is 19.9 Å². The maximum atomic E-state index is 8.00. The number of benzene rings is 2. The fraction of sp³-hybridized carbons (Fsp3) is 0.125. The topological polar surface area (TPSA) is 74.8 Å². The molecule has 0 atom stereocenters. The van der Waals surface area contributed by atoms with E-state index in [1.165, 1.54) is 11.1 Å². The predicted molar refractivity (Wildman–Crippen MR) is 122 cm³/mol. The van der Waals surface area contributed by atoms with E-state index in [4.69, 9.17) is 9.59 Å². The molecule has 2 N–H and O–H groups in total. The van der Waals surface area contributed by atoms with E-state index in [0.29, 0.717) is 0 Å². The molecule has 2 aromatic carbocycles. The number of aromatic amines is 1. The van der Waals surface area contributed by atoms with E-state index in [1.54, 1.807) is 0 Å². The van der Waals surface area contributed by atoms with Crippen LogP contribution in [0.2, 0.25) is 0 Å². The van der Waals surface area contributed by atoms with Gasteiger partial charge in [0, 0.05) is 23.0 Å². The van der Waals surface area contributed by atoms with E-state index in [9.17, 15) is 0 Å². The highest BCUT2D eigenvalue weighted by atomic mass is 16.1. The number of hydrogen-bond donors (Lipinski definition) is 2. The number of rotatable bonds is 3. The first kappa shape index (κ1) is 23.3. The number of pyridine rings is 1. The number of carbonyl (C=O) groups is 2. The average molecular weight is 389 g/mol. The number of nitrogens with zero attached hydrogens (tertiary/aromatic N) is 1. The number of carbonyl (C=O) groups excluding carboxylic acids is 2. The Morgan fingerprint density at radius 2 is 1.48 bits per heavy atom. The zero-order valence-corrected chi connectivity index (χ0v) is 17.1. The van der Waals surface area contributed by atoms with Crippen molar-refractivity contribution < 1.29 is 9.59 Å². The lowest BCUT2D eigenvalue weighted by molar-refractivity contribution is -0.0987. The summed E-state index contributed by atoms with van der Waals surface area (Å²) < 4.78 is 0. The summed E-state index contributed by atoms with van der Waals surface area (Å²) in [5.74, 6) is 0.866. The lowest BCUT2D eigenvalue weighted by atomic mass is 10.1. The van der Waals surface area contributed by atoms with Crippen molar-refractivity contribution in [3.8, 4) is 11.3 Å². The minimum atomic E-state index is 0.866. The summed E-state index contributed by atoms with van der Waals surface area (Å²) in [6, 6.07) is 22.8. The van der Waals surface area contributed by atoms with Gasteiger partial charge in [0.05, 0.1) is 5.52 Å². The summed E-state index contributed by atoms with van der Waals surface area (Å²) in [5.41, 5.74) is 5.63. The lowest BCUT2D eigenvalue weighted by Gasteiger charge is -2.06. The standard InChI is InChI=1S/C20H17N3.C2H6.2CH2O/c1-14-7-9-16(10-8-14)22-20-17-13-19(15-5-3-2-4-6-15)23-18(17)11-12-21-20;3*1-2/h2-13,23H,1H3,(H,21,22);1-2H3;2*1H2. The molecule has 0 fully saturated rings. The molecule has 0 saturated heterocycles. The quantitative estimate of drug-likeness (QED) is 0.455. The molecule has 4 rings (SSSR count). The second-order valence-electron chi connectivity index (χ2n) is 5.66. The molecule has 0 radical (unpaired) electrons. The third-order valence-electron chi connectivity index (χ3n) is 3.95. The molecular formula is C24H27N3O2. The first-order chi connectivity index (χ1) is 14.3. The van der Waals surface area contributed by atoms with E-state index in [-0.39, 0.29) is 0 Å². The molecule has 0 amide bonds. The highest BCUT2D eigenvalue weighted by Crippen LogP contribution is 2.29. The van der Waals surface area contributed by atoms with Crippen LogP contribution in [0.1, 0.15) is 19.4 Å². The van der Waals surface area contributed by atoms with Gasteiger partial charge in [0.2, 0.25) is 0 Å². The van der Waals surface area contributed by atoms with Gasteiger partial charge in [-0.1, -0.05) is 61.9 Å². The second kappa shape index (κ2) is 12.6. The largest absolute Gasteiger partial charge is 0.354 e. The number of H-pyrrole nitrogens is 1. The molecule has 0 aliphatic rings. The molecule has 29 heavy (non-hydrogen) atoms. The summed E-state index contributed by atoms with van der Waals surface area (Å²) in [7, 11) is 0. The van der Waals surface area contributed by atoms with E-state index in [2.05, 4.69) is 64.7 Å². The van der Waals surface area contributed by atoms with Crippen LogP contribution in [0.3, 0.4) is 0 Å². The van der Waals surface area contributed by atoms with Gasteiger partial charge in [-0.25, -0.2) is 4.98 Å². The van der Waals surface area contributed by atoms with Crippen molar-refractivity contribution in [2.75, 3.05) is 5.32 Å². The Balaban J connectivity index is 0.000000644. The maximum Gasteiger partial charge on any atom is 0.139 e. The molecule has 2 heterocycles. The van der Waals surface area contributed by atoms with Crippen LogP contribution in [0.25, 0.3) is 22.2 Å². The number of fused-ring (bicyclic) bond motifs is 1. The fourth-order valence-corrected chi connectivity index (χ4v) is 2.70. The normalized spacial score (nSPS) is 9.07. The van der Waals surface area contributed by atoms with Crippen molar-refractivity contribution in [3.05, 3.63) is 78.5 Å². The first-order valence-electron chi connectivity index (χ1n) is 9.24. The van der Waals surface area contributed by atoms with Crippen LogP contribution in [0.4, 0.5) is 11.5 Å². The molecule has 0 aliphatic carbocycles. The third kappa shape index (κ3) is 6.14. The molecule has 0 spiro atoms. The molecule has 0 saturated carbocycles. The van der Waals surface area contributed by atoms with Gasteiger partial charge >= 0.3 is 0 Å². The molecule has 2 aromatic heterocycles. The van der Waals surface area contributed by atoms with Gasteiger partial charge in [-0.15, -0.1) is 0 Å². The van der Waals surface area contributed by atoms with Gasteiger partial charge in [-0.2, -0.15) is 0 Å². The van der Waals surface area contributed by atoms with Crippen molar-refractivity contribution in [1.82, 2.24) is 9.97 Å². The zero-order valence-electron chi connectivity index (χ0n) is 17.1. The maximum absolute atomic E-state index is 8.00. The van der Waals surface area contributed by atoms with Crippen LogP contribution in [0.15, 0.2) is 72.9 Å². The van der Waals surface area contributed by atoms with Gasteiger partial charge in [-0.3, -0.25) is 0 Å². The average Bonchev–Trinajstić information content (AvgIpc) is 3.26. The van der Waals surface area contributed by atoms with Gasteiger partial charge in [0.1, 0.15) is 19.4 Å². The van der Waals surface area contributed by atoms with E-state index in [0.717, 1.165) is 28.1 Å². The third-order valence-corrected chi connectivity index (χ3v) is 3.95. The van der Waals surface area contributed by atoms with E-state index >= 15 is 0 Å². The van der Waals surface area contributed by atoms with E-state index < -0.39 is 0 Å². The number of aromatic nitrogens is 2. The number of hydrogen-bond acceptors (Lipinski definition) is 4. The molecule has 0 aliphatic heterocycles. The molecule has 5 heteroatoms. The van der Waals surface area contributed by atoms with Crippen LogP contribution in [0, 0.1) is 6.92 Å². The van der Waals surface area contributed by atoms with Crippen molar-refractivity contribution in [2.45, 2.75) is 20.8 Å². The second-order valence-corrected chi connectivity index (χ2v) is 5.66. The Kier molecular flexibility index (Phi) is 10.1. The Morgan fingerprint density at radius 1 is 0.862 bits per heavy atom. The van der Waals surface area contributed by atoms with Crippen LogP contribution in [-0.2, 0) is 9.59 Å². The van der Waals surface area contributed by atoms with Crippen LogP contribution in [-0.4, -0.2) is 23.5 Å². The Morgan fingerprint density at radius 3 is 2.10 bits per heavy atom. The van der Waals surface area contributed by atoms with Crippen molar-refractivity contribution in [3.63, 3.8) is 0 Å². The number of aryl methyl sites for hydroxylation is 1. The van der Waals surface area contributed by atoms with Crippen molar-refractivity contribution in [2.24, 2.45) is 0 Å². The highest BCUT2D eigenvalue weighted by molar-refractivity contribution is 5.95. The summed E-state index contributed by atoms with van der Waals surface area (Å²) in [6.07, 6.45) is 1.82. The fourth-order valence-electron chi connectivity index (χ4n) is 2.70. The molecule has 5 nitrogen and oxygen atoms in total. The first-order valence-corrected chi connectivity index (χ1v) is 9.24.